The molecule has 3 nitrogen and oxygen atoms in total. The molecule has 0 spiro atoms. The van der Waals surface area contributed by atoms with Crippen LogP contribution in [0.3, 0.4) is 0 Å². The van der Waals surface area contributed by atoms with Crippen molar-refractivity contribution in [2.45, 2.75) is 50.6 Å². The Morgan fingerprint density at radius 1 is 1.20 bits per heavy atom. The van der Waals surface area contributed by atoms with Gasteiger partial charge in [0, 0.05) is 12.6 Å². The Labute approximate surface area is 121 Å². The number of carbonyl (C=O) groups is 1. The first-order valence-corrected chi connectivity index (χ1v) is 7.90. The molecule has 3 heteroatoms. The third kappa shape index (κ3) is 3.21. The number of hydrogen-bond acceptors (Lipinski definition) is 2. The molecule has 1 aromatic carbocycles. The van der Waals surface area contributed by atoms with E-state index in [-0.39, 0.29) is 11.9 Å². The van der Waals surface area contributed by atoms with E-state index in [1.807, 2.05) is 18.2 Å². The molecule has 0 radical (unpaired) electrons. The Bertz CT molecular complexity index is 432. The number of fused-ring (bicyclic) bond motifs is 1. The molecule has 1 aliphatic heterocycles. The van der Waals surface area contributed by atoms with E-state index in [0.717, 1.165) is 25.3 Å². The van der Waals surface area contributed by atoms with Gasteiger partial charge in [0.25, 0.3) is 0 Å². The molecule has 0 bridgehead atoms. The molecule has 1 amide bonds. The topological polar surface area (TPSA) is 41.1 Å². The largest absolute Gasteiger partial charge is 0.354 e. The average molecular weight is 272 g/mol. The van der Waals surface area contributed by atoms with E-state index in [4.69, 9.17) is 0 Å². The van der Waals surface area contributed by atoms with Gasteiger partial charge in [-0.25, -0.2) is 0 Å². The third-order valence-electron chi connectivity index (χ3n) is 4.74. The first-order valence-electron chi connectivity index (χ1n) is 7.90. The molecule has 1 saturated heterocycles. The summed E-state index contributed by atoms with van der Waals surface area (Å²) in [5.41, 5.74) is 1.28. The van der Waals surface area contributed by atoms with E-state index in [0.29, 0.717) is 6.04 Å². The van der Waals surface area contributed by atoms with Crippen molar-refractivity contribution in [3.8, 4) is 0 Å². The number of benzene rings is 1. The highest BCUT2D eigenvalue weighted by atomic mass is 16.2. The lowest BCUT2D eigenvalue weighted by Crippen LogP contribution is -2.43. The maximum absolute atomic E-state index is 12.2. The van der Waals surface area contributed by atoms with Crippen molar-refractivity contribution in [3.05, 3.63) is 35.9 Å². The van der Waals surface area contributed by atoms with Gasteiger partial charge in [-0.05, 0) is 37.2 Å². The minimum absolute atomic E-state index is 0.0406. The zero-order valence-electron chi connectivity index (χ0n) is 12.0. The summed E-state index contributed by atoms with van der Waals surface area (Å²) in [5, 5.41) is 6.61. The summed E-state index contributed by atoms with van der Waals surface area (Å²) < 4.78 is 0. The second kappa shape index (κ2) is 6.40. The molecule has 1 saturated carbocycles. The van der Waals surface area contributed by atoms with Crippen LogP contribution in [0, 0.1) is 5.92 Å². The van der Waals surface area contributed by atoms with Crippen LogP contribution in [0.2, 0.25) is 0 Å². The molecule has 2 N–H and O–H groups in total. The summed E-state index contributed by atoms with van der Waals surface area (Å²) in [6, 6.07) is 10.9. The van der Waals surface area contributed by atoms with Crippen molar-refractivity contribution < 1.29 is 4.79 Å². The van der Waals surface area contributed by atoms with Crippen molar-refractivity contribution in [1.82, 2.24) is 10.6 Å². The van der Waals surface area contributed by atoms with Gasteiger partial charge >= 0.3 is 0 Å². The molecular formula is C17H24N2O. The molecule has 2 fully saturated rings. The summed E-state index contributed by atoms with van der Waals surface area (Å²) in [6.07, 6.45) is 7.14. The van der Waals surface area contributed by atoms with Crippen LogP contribution in [0.4, 0.5) is 0 Å². The van der Waals surface area contributed by atoms with Crippen LogP contribution in [0.1, 0.15) is 37.7 Å². The van der Waals surface area contributed by atoms with E-state index >= 15 is 0 Å². The summed E-state index contributed by atoms with van der Waals surface area (Å²) in [6.45, 7) is 0.732. The van der Waals surface area contributed by atoms with Gasteiger partial charge in [0.15, 0.2) is 0 Å². The van der Waals surface area contributed by atoms with Crippen molar-refractivity contribution in [1.29, 1.82) is 0 Å². The fraction of sp³-hybridized carbons (Fsp3) is 0.588. The predicted octanol–water partition coefficient (Wildman–Crippen LogP) is 2.27. The SMILES string of the molecule is O=C(NCCc1ccccc1)C1CC2CCCCC2N1. The molecule has 20 heavy (non-hydrogen) atoms. The molecular weight excluding hydrogens is 248 g/mol. The zero-order valence-corrected chi connectivity index (χ0v) is 12.0. The van der Waals surface area contributed by atoms with E-state index < -0.39 is 0 Å². The van der Waals surface area contributed by atoms with Gasteiger partial charge in [0.1, 0.15) is 0 Å². The van der Waals surface area contributed by atoms with E-state index in [1.165, 1.54) is 31.2 Å². The highest BCUT2D eigenvalue weighted by Crippen LogP contribution is 2.33. The quantitative estimate of drug-likeness (QED) is 0.883. The predicted molar refractivity (Wildman–Crippen MR) is 80.4 cm³/mol. The standard InChI is InChI=1S/C17H24N2O/c20-17(18-11-10-13-6-2-1-3-7-13)16-12-14-8-4-5-9-15(14)19-16/h1-3,6-7,14-16,19H,4-5,8-12H2,(H,18,20). The Morgan fingerprint density at radius 2 is 2.00 bits per heavy atom. The number of amides is 1. The summed E-state index contributed by atoms with van der Waals surface area (Å²) in [4.78, 5) is 12.2. The van der Waals surface area contributed by atoms with Crippen LogP contribution in [0.15, 0.2) is 30.3 Å². The lowest BCUT2D eigenvalue weighted by molar-refractivity contribution is -0.122. The maximum Gasteiger partial charge on any atom is 0.237 e. The first-order chi connectivity index (χ1) is 9.83. The van der Waals surface area contributed by atoms with Gasteiger partial charge in [-0.2, -0.15) is 0 Å². The molecule has 2 aliphatic rings. The molecule has 0 aromatic heterocycles. The van der Waals surface area contributed by atoms with Gasteiger partial charge in [-0.1, -0.05) is 43.2 Å². The minimum atomic E-state index is 0.0406. The summed E-state index contributed by atoms with van der Waals surface area (Å²) in [7, 11) is 0. The van der Waals surface area contributed by atoms with Crippen molar-refractivity contribution >= 4 is 5.91 Å². The fourth-order valence-electron chi connectivity index (χ4n) is 3.62. The van der Waals surface area contributed by atoms with E-state index in [9.17, 15) is 4.79 Å². The molecule has 1 aliphatic carbocycles. The monoisotopic (exact) mass is 272 g/mol. The lowest BCUT2D eigenvalue weighted by Gasteiger charge is -2.24. The molecule has 3 unspecified atom stereocenters. The highest BCUT2D eigenvalue weighted by molar-refractivity contribution is 5.82. The second-order valence-electron chi connectivity index (χ2n) is 6.13. The van der Waals surface area contributed by atoms with Crippen LogP contribution >= 0.6 is 0 Å². The van der Waals surface area contributed by atoms with Crippen LogP contribution < -0.4 is 10.6 Å². The van der Waals surface area contributed by atoms with Crippen LogP contribution in [0.25, 0.3) is 0 Å². The number of nitrogens with one attached hydrogen (secondary N) is 2. The second-order valence-corrected chi connectivity index (χ2v) is 6.13. The van der Waals surface area contributed by atoms with Crippen molar-refractivity contribution in [2.24, 2.45) is 5.92 Å². The fourth-order valence-corrected chi connectivity index (χ4v) is 3.62. The van der Waals surface area contributed by atoms with Gasteiger partial charge in [0.05, 0.1) is 6.04 Å². The maximum atomic E-state index is 12.2. The van der Waals surface area contributed by atoms with Gasteiger partial charge < -0.3 is 10.6 Å². The summed E-state index contributed by atoms with van der Waals surface area (Å²) in [5.74, 6) is 0.920. The van der Waals surface area contributed by atoms with Gasteiger partial charge in [-0.3, -0.25) is 4.79 Å². The molecule has 3 rings (SSSR count). The molecule has 1 aromatic rings. The zero-order chi connectivity index (χ0) is 13.8. The van der Waals surface area contributed by atoms with Crippen molar-refractivity contribution in [3.63, 3.8) is 0 Å². The minimum Gasteiger partial charge on any atom is -0.354 e. The molecule has 1 heterocycles. The Kier molecular flexibility index (Phi) is 4.36. The van der Waals surface area contributed by atoms with E-state index in [1.54, 1.807) is 0 Å². The van der Waals surface area contributed by atoms with Gasteiger partial charge in [-0.15, -0.1) is 0 Å². The first kappa shape index (κ1) is 13.6. The van der Waals surface area contributed by atoms with Gasteiger partial charge in [0.2, 0.25) is 5.91 Å². The molecule has 3 atom stereocenters. The third-order valence-corrected chi connectivity index (χ3v) is 4.74. The van der Waals surface area contributed by atoms with E-state index in [2.05, 4.69) is 22.8 Å². The number of carbonyl (C=O) groups excluding carboxylic acids is 1. The van der Waals surface area contributed by atoms with Crippen LogP contribution in [0.5, 0.6) is 0 Å². The Balaban J connectivity index is 1.43. The molecule has 108 valence electrons. The van der Waals surface area contributed by atoms with Crippen molar-refractivity contribution in [2.75, 3.05) is 6.54 Å². The smallest absolute Gasteiger partial charge is 0.237 e. The lowest BCUT2D eigenvalue weighted by atomic mass is 9.85. The van der Waals surface area contributed by atoms with Crippen LogP contribution in [-0.2, 0) is 11.2 Å². The average Bonchev–Trinajstić information content (AvgIpc) is 2.92. The highest BCUT2D eigenvalue weighted by Gasteiger charge is 2.37. The number of rotatable bonds is 4. The summed E-state index contributed by atoms with van der Waals surface area (Å²) >= 11 is 0. The Morgan fingerprint density at radius 3 is 2.80 bits per heavy atom. The normalized spacial score (nSPS) is 28.9. The number of hydrogen-bond donors (Lipinski definition) is 2. The Hall–Kier alpha value is -1.35. The van der Waals surface area contributed by atoms with Crippen LogP contribution in [-0.4, -0.2) is 24.5 Å².